The first-order valence-electron chi connectivity index (χ1n) is 8.11. The molecule has 3 aromatic rings. The molecule has 4 atom stereocenters. The zero-order valence-corrected chi connectivity index (χ0v) is 15.1. The van der Waals surface area contributed by atoms with Crippen LogP contribution in [0.4, 0.5) is 5.82 Å². The molecule has 150 valence electrons. The Morgan fingerprint density at radius 3 is 2.75 bits per heavy atom. The number of nitrogen functional groups attached to an aromatic ring is 1. The highest BCUT2D eigenvalue weighted by Crippen LogP contribution is 2.40. The summed E-state index contributed by atoms with van der Waals surface area (Å²) >= 11 is 0. The summed E-state index contributed by atoms with van der Waals surface area (Å²) in [5.41, 5.74) is 7.67. The summed E-state index contributed by atoms with van der Waals surface area (Å²) in [6, 6.07) is 1.71. The SMILES string of the molecule is Nc1ncnc2c1c(-c1ccoc1)cn2C1OC(COP(=O)(O)O)C(O)C1O. The Hall–Kier alpha value is -2.31. The van der Waals surface area contributed by atoms with Crippen LogP contribution < -0.4 is 5.73 Å². The van der Waals surface area contributed by atoms with Crippen molar-refractivity contribution in [1.82, 2.24) is 14.5 Å². The van der Waals surface area contributed by atoms with E-state index in [1.807, 2.05) is 0 Å². The molecule has 1 fully saturated rings. The molecular formula is C15H17N4O8P. The molecular weight excluding hydrogens is 395 g/mol. The molecule has 4 unspecified atom stereocenters. The van der Waals surface area contributed by atoms with Gasteiger partial charge in [0.25, 0.3) is 0 Å². The molecule has 0 saturated carbocycles. The quantitative estimate of drug-likeness (QED) is 0.355. The van der Waals surface area contributed by atoms with Crippen molar-refractivity contribution in [3.05, 3.63) is 31.1 Å². The monoisotopic (exact) mass is 412 g/mol. The van der Waals surface area contributed by atoms with Crippen LogP contribution in [0.1, 0.15) is 6.23 Å². The molecule has 0 radical (unpaired) electrons. The lowest BCUT2D eigenvalue weighted by atomic mass is 10.1. The number of anilines is 1. The molecule has 0 spiro atoms. The van der Waals surface area contributed by atoms with Crippen molar-refractivity contribution in [3.8, 4) is 11.1 Å². The lowest BCUT2D eigenvalue weighted by Gasteiger charge is -2.17. The van der Waals surface area contributed by atoms with Gasteiger partial charge in [0.05, 0.1) is 24.5 Å². The van der Waals surface area contributed by atoms with Crippen molar-refractivity contribution in [3.63, 3.8) is 0 Å². The molecule has 1 saturated heterocycles. The normalized spacial score (nSPS) is 25.6. The number of rotatable bonds is 5. The van der Waals surface area contributed by atoms with Gasteiger partial charge in [0.1, 0.15) is 36.1 Å². The van der Waals surface area contributed by atoms with Crippen LogP contribution in [0.2, 0.25) is 0 Å². The van der Waals surface area contributed by atoms with Gasteiger partial charge < -0.3 is 39.5 Å². The average Bonchev–Trinajstić information content (AvgIpc) is 3.33. The Morgan fingerprint density at radius 2 is 2.07 bits per heavy atom. The summed E-state index contributed by atoms with van der Waals surface area (Å²) in [5.74, 6) is 0.203. The number of aliphatic hydroxyl groups excluding tert-OH is 2. The van der Waals surface area contributed by atoms with Gasteiger partial charge in [-0.1, -0.05) is 0 Å². The van der Waals surface area contributed by atoms with Gasteiger partial charge >= 0.3 is 7.82 Å². The van der Waals surface area contributed by atoms with Gasteiger partial charge in [-0.2, -0.15) is 0 Å². The highest BCUT2D eigenvalue weighted by molar-refractivity contribution is 7.46. The Kier molecular flexibility index (Phi) is 4.71. The molecule has 0 aromatic carbocycles. The number of aromatic nitrogens is 3. The van der Waals surface area contributed by atoms with Crippen LogP contribution in [0.5, 0.6) is 0 Å². The van der Waals surface area contributed by atoms with Gasteiger partial charge in [-0.25, -0.2) is 14.5 Å². The van der Waals surface area contributed by atoms with Crippen molar-refractivity contribution in [2.45, 2.75) is 24.5 Å². The molecule has 0 aliphatic carbocycles. The van der Waals surface area contributed by atoms with Crippen molar-refractivity contribution < 1.29 is 38.2 Å². The van der Waals surface area contributed by atoms with Crippen molar-refractivity contribution >= 4 is 24.7 Å². The number of hydrogen-bond acceptors (Lipinski definition) is 9. The van der Waals surface area contributed by atoms with Gasteiger partial charge in [0.15, 0.2) is 6.23 Å². The average molecular weight is 412 g/mol. The predicted octanol–water partition coefficient (Wildman–Crippen LogP) is 0.00200. The van der Waals surface area contributed by atoms with E-state index in [1.165, 1.54) is 23.4 Å². The van der Waals surface area contributed by atoms with Gasteiger partial charge in [-0.3, -0.25) is 4.52 Å². The maximum atomic E-state index is 10.9. The Labute approximate surface area is 157 Å². The fourth-order valence-corrected chi connectivity index (χ4v) is 3.55. The summed E-state index contributed by atoms with van der Waals surface area (Å²) in [4.78, 5) is 25.9. The maximum absolute atomic E-state index is 10.9. The Bertz CT molecular complexity index is 1030. The first kappa shape index (κ1) is 19.0. The van der Waals surface area contributed by atoms with Crippen LogP contribution >= 0.6 is 7.82 Å². The molecule has 4 heterocycles. The molecule has 0 amide bonds. The van der Waals surface area contributed by atoms with E-state index in [4.69, 9.17) is 24.7 Å². The van der Waals surface area contributed by atoms with E-state index < -0.39 is 39.0 Å². The van der Waals surface area contributed by atoms with E-state index in [-0.39, 0.29) is 5.82 Å². The van der Waals surface area contributed by atoms with Gasteiger partial charge in [-0.15, -0.1) is 0 Å². The minimum atomic E-state index is -4.76. The molecule has 1 aliphatic heterocycles. The molecule has 28 heavy (non-hydrogen) atoms. The second kappa shape index (κ2) is 6.94. The maximum Gasteiger partial charge on any atom is 0.469 e. The third-order valence-corrected chi connectivity index (χ3v) is 4.97. The smallest absolute Gasteiger partial charge is 0.469 e. The highest BCUT2D eigenvalue weighted by Gasteiger charge is 2.45. The van der Waals surface area contributed by atoms with E-state index in [2.05, 4.69) is 14.5 Å². The standard InChI is InChI=1S/C15H17N4O8P/c16-13-10-8(7-1-2-25-4-7)3-19(14(10)18-6-17-13)15-12(21)11(20)9(27-15)5-26-28(22,23)24/h1-4,6,9,11-12,15,20-21H,5H2,(H2,16,17,18)(H2,22,23,24). The first-order chi connectivity index (χ1) is 13.3. The van der Waals surface area contributed by atoms with Crippen LogP contribution in [-0.2, 0) is 13.8 Å². The minimum Gasteiger partial charge on any atom is -0.472 e. The topological polar surface area (TPSA) is 186 Å². The fourth-order valence-electron chi connectivity index (χ4n) is 3.21. The minimum absolute atomic E-state index is 0.203. The van der Waals surface area contributed by atoms with Gasteiger partial charge in [0, 0.05) is 17.3 Å². The second-order valence-corrected chi connectivity index (χ2v) is 7.49. The summed E-state index contributed by atoms with van der Waals surface area (Å²) in [7, 11) is -4.76. The number of phosphoric acid groups is 1. The lowest BCUT2D eigenvalue weighted by Crippen LogP contribution is -2.33. The lowest BCUT2D eigenvalue weighted by molar-refractivity contribution is -0.0501. The van der Waals surface area contributed by atoms with E-state index in [0.717, 1.165) is 0 Å². The highest BCUT2D eigenvalue weighted by atomic mass is 31.2. The second-order valence-electron chi connectivity index (χ2n) is 6.25. The third kappa shape index (κ3) is 3.31. The number of phosphoric ester groups is 1. The van der Waals surface area contributed by atoms with Crippen LogP contribution in [0, 0.1) is 0 Å². The van der Waals surface area contributed by atoms with E-state index in [0.29, 0.717) is 22.2 Å². The first-order valence-corrected chi connectivity index (χ1v) is 9.64. The zero-order valence-electron chi connectivity index (χ0n) is 14.2. The number of fused-ring (bicyclic) bond motifs is 1. The molecule has 12 nitrogen and oxygen atoms in total. The Morgan fingerprint density at radius 1 is 1.29 bits per heavy atom. The molecule has 4 rings (SSSR count). The van der Waals surface area contributed by atoms with E-state index in [9.17, 15) is 14.8 Å². The largest absolute Gasteiger partial charge is 0.472 e. The van der Waals surface area contributed by atoms with Gasteiger partial charge in [-0.05, 0) is 6.07 Å². The number of ether oxygens (including phenoxy) is 1. The number of furan rings is 1. The summed E-state index contributed by atoms with van der Waals surface area (Å²) < 4.78 is 27.5. The van der Waals surface area contributed by atoms with Crippen molar-refractivity contribution in [2.75, 3.05) is 12.3 Å². The summed E-state index contributed by atoms with van der Waals surface area (Å²) in [6.45, 7) is -0.607. The van der Waals surface area contributed by atoms with Crippen LogP contribution in [0.3, 0.4) is 0 Å². The molecule has 6 N–H and O–H groups in total. The Balaban J connectivity index is 1.73. The fraction of sp³-hybridized carbons (Fsp3) is 0.333. The van der Waals surface area contributed by atoms with Crippen LogP contribution in [-0.4, -0.2) is 59.5 Å². The summed E-state index contributed by atoms with van der Waals surface area (Å²) in [5, 5.41) is 21.2. The molecule has 0 bridgehead atoms. The number of nitrogens with zero attached hydrogens (tertiary/aromatic N) is 3. The van der Waals surface area contributed by atoms with Crippen molar-refractivity contribution in [2.24, 2.45) is 0 Å². The zero-order chi connectivity index (χ0) is 20.1. The molecule has 1 aliphatic rings. The summed E-state index contributed by atoms with van der Waals surface area (Å²) in [6.07, 6.45) is 0.744. The van der Waals surface area contributed by atoms with E-state index in [1.54, 1.807) is 12.3 Å². The molecule has 3 aromatic heterocycles. The van der Waals surface area contributed by atoms with E-state index >= 15 is 0 Å². The third-order valence-electron chi connectivity index (χ3n) is 4.49. The number of nitrogens with two attached hydrogens (primary N) is 1. The number of hydrogen-bond donors (Lipinski definition) is 5. The van der Waals surface area contributed by atoms with Gasteiger partial charge in [0.2, 0.25) is 0 Å². The van der Waals surface area contributed by atoms with Crippen molar-refractivity contribution in [1.29, 1.82) is 0 Å². The van der Waals surface area contributed by atoms with Crippen LogP contribution in [0.15, 0.2) is 35.5 Å². The van der Waals surface area contributed by atoms with Crippen LogP contribution in [0.25, 0.3) is 22.2 Å². The predicted molar refractivity (Wildman–Crippen MR) is 93.6 cm³/mol. The number of aliphatic hydroxyl groups is 2. The molecule has 13 heteroatoms.